The molecule has 0 aliphatic rings. The Kier molecular flexibility index (Phi) is 8.05. The highest BCUT2D eigenvalue weighted by atomic mass is 127. The Morgan fingerprint density at radius 1 is 1.25 bits per heavy atom. The Morgan fingerprint density at radius 3 is 2.66 bits per heavy atom. The van der Waals surface area contributed by atoms with Gasteiger partial charge in [-0.25, -0.2) is 9.78 Å². The maximum absolute atomic E-state index is 13.1. The Labute approximate surface area is 208 Å². The van der Waals surface area contributed by atoms with Gasteiger partial charge in [-0.3, -0.25) is 4.79 Å². The highest BCUT2D eigenvalue weighted by Crippen LogP contribution is 2.23. The molecule has 1 heterocycles. The molecule has 0 fully saturated rings. The second kappa shape index (κ2) is 10.6. The van der Waals surface area contributed by atoms with Gasteiger partial charge in [0.15, 0.2) is 6.10 Å². The lowest BCUT2D eigenvalue weighted by Gasteiger charge is -2.15. The van der Waals surface area contributed by atoms with Crippen molar-refractivity contribution in [2.75, 3.05) is 6.61 Å². The first kappa shape index (κ1) is 24.4. The topological polar surface area (TPSA) is 82.8 Å². The van der Waals surface area contributed by atoms with E-state index in [4.69, 9.17) is 9.47 Å². The molecule has 7 nitrogen and oxygen atoms in total. The zero-order chi connectivity index (χ0) is 23.4. The van der Waals surface area contributed by atoms with Crippen molar-refractivity contribution in [2.24, 2.45) is 5.10 Å². The molecule has 32 heavy (non-hydrogen) atoms. The maximum Gasteiger partial charge on any atom is 0.347 e. The molecule has 0 saturated carbocycles. The van der Waals surface area contributed by atoms with Crippen LogP contribution in [0.5, 0.6) is 5.75 Å². The number of carbonyl (C=O) groups excluding carboxylic acids is 1. The number of carbonyl (C=O) groups is 1. The molecule has 0 spiro atoms. The van der Waals surface area contributed by atoms with E-state index < -0.39 is 12.1 Å². The number of ether oxygens (including phenoxy) is 2. The van der Waals surface area contributed by atoms with E-state index in [9.17, 15) is 9.59 Å². The SMILES string of the molecule is CCOC(=O)[C@@H](C)Oc1ccc(C=Nn2c(C(C)C)nc3ccc(Br)cc3c2=O)cc1I. The van der Waals surface area contributed by atoms with E-state index in [-0.39, 0.29) is 11.5 Å². The summed E-state index contributed by atoms with van der Waals surface area (Å²) in [5, 5.41) is 4.94. The molecule has 9 heteroatoms. The summed E-state index contributed by atoms with van der Waals surface area (Å²) in [6, 6.07) is 10.9. The van der Waals surface area contributed by atoms with Crippen LogP contribution in [0.2, 0.25) is 0 Å². The summed E-state index contributed by atoms with van der Waals surface area (Å²) >= 11 is 5.54. The monoisotopic (exact) mass is 611 g/mol. The van der Waals surface area contributed by atoms with E-state index in [1.807, 2.05) is 38.1 Å². The summed E-state index contributed by atoms with van der Waals surface area (Å²) in [7, 11) is 0. The zero-order valence-electron chi connectivity index (χ0n) is 18.1. The third-order valence-electron chi connectivity index (χ3n) is 4.55. The lowest BCUT2D eigenvalue weighted by molar-refractivity contribution is -0.150. The molecule has 1 aromatic heterocycles. The molecular weight excluding hydrogens is 589 g/mol. The van der Waals surface area contributed by atoms with E-state index in [0.29, 0.717) is 29.1 Å². The molecule has 3 rings (SSSR count). The van der Waals surface area contributed by atoms with Gasteiger partial charge in [-0.15, -0.1) is 0 Å². The summed E-state index contributed by atoms with van der Waals surface area (Å²) < 4.78 is 13.6. The lowest BCUT2D eigenvalue weighted by Crippen LogP contribution is -2.26. The van der Waals surface area contributed by atoms with Crippen molar-refractivity contribution < 1.29 is 14.3 Å². The fourth-order valence-corrected chi connectivity index (χ4v) is 3.99. The minimum absolute atomic E-state index is 0.00757. The van der Waals surface area contributed by atoms with Gasteiger partial charge in [0.05, 0.1) is 27.3 Å². The van der Waals surface area contributed by atoms with E-state index in [1.54, 1.807) is 32.2 Å². The number of rotatable bonds is 7. The van der Waals surface area contributed by atoms with Crippen LogP contribution in [-0.4, -0.2) is 34.6 Å². The van der Waals surface area contributed by atoms with Crippen LogP contribution in [-0.2, 0) is 9.53 Å². The van der Waals surface area contributed by atoms with Gasteiger partial charge < -0.3 is 9.47 Å². The van der Waals surface area contributed by atoms with Gasteiger partial charge in [0.2, 0.25) is 0 Å². The molecule has 0 aliphatic heterocycles. The van der Waals surface area contributed by atoms with Crippen LogP contribution in [0.1, 0.15) is 45.0 Å². The van der Waals surface area contributed by atoms with Crippen molar-refractivity contribution in [1.29, 1.82) is 0 Å². The highest BCUT2D eigenvalue weighted by Gasteiger charge is 2.17. The lowest BCUT2D eigenvalue weighted by atomic mass is 10.2. The second-order valence-corrected chi connectivity index (χ2v) is 9.43. The van der Waals surface area contributed by atoms with Gasteiger partial charge in [-0.05, 0) is 78.4 Å². The van der Waals surface area contributed by atoms with Crippen LogP contribution in [0.25, 0.3) is 10.9 Å². The molecule has 1 atom stereocenters. The summed E-state index contributed by atoms with van der Waals surface area (Å²) in [4.78, 5) is 29.6. The van der Waals surface area contributed by atoms with Crippen LogP contribution in [0.15, 0.2) is 50.8 Å². The van der Waals surface area contributed by atoms with Gasteiger partial charge in [0, 0.05) is 10.4 Å². The van der Waals surface area contributed by atoms with Crippen molar-refractivity contribution in [3.05, 3.63) is 66.2 Å². The van der Waals surface area contributed by atoms with Crippen molar-refractivity contribution in [1.82, 2.24) is 9.66 Å². The van der Waals surface area contributed by atoms with Crippen LogP contribution in [0.4, 0.5) is 0 Å². The third kappa shape index (κ3) is 5.55. The van der Waals surface area contributed by atoms with Gasteiger partial charge in [0.25, 0.3) is 5.56 Å². The Bertz CT molecular complexity index is 1240. The average Bonchev–Trinajstić information content (AvgIpc) is 2.75. The van der Waals surface area contributed by atoms with Gasteiger partial charge in [-0.2, -0.15) is 9.78 Å². The number of nitrogens with zero attached hydrogens (tertiary/aromatic N) is 3. The molecule has 0 amide bonds. The predicted molar refractivity (Wildman–Crippen MR) is 137 cm³/mol. The van der Waals surface area contributed by atoms with Crippen molar-refractivity contribution in [2.45, 2.75) is 39.7 Å². The number of hydrogen-bond donors (Lipinski definition) is 0. The van der Waals surface area contributed by atoms with Crippen LogP contribution in [0.3, 0.4) is 0 Å². The summed E-state index contributed by atoms with van der Waals surface area (Å²) in [6.45, 7) is 7.64. The fraction of sp³-hybridized carbons (Fsp3) is 0.304. The molecule has 0 radical (unpaired) electrons. The smallest absolute Gasteiger partial charge is 0.347 e. The molecule has 168 valence electrons. The number of hydrogen-bond acceptors (Lipinski definition) is 6. The number of fused-ring (bicyclic) bond motifs is 1. The predicted octanol–water partition coefficient (Wildman–Crippen LogP) is 5.10. The van der Waals surface area contributed by atoms with E-state index >= 15 is 0 Å². The van der Waals surface area contributed by atoms with Crippen molar-refractivity contribution in [3.63, 3.8) is 0 Å². The molecule has 0 saturated heterocycles. The molecule has 0 unspecified atom stereocenters. The number of benzene rings is 2. The van der Waals surface area contributed by atoms with E-state index in [0.717, 1.165) is 13.6 Å². The molecule has 0 aliphatic carbocycles. The average molecular weight is 612 g/mol. The van der Waals surface area contributed by atoms with Gasteiger partial charge in [-0.1, -0.05) is 29.8 Å². The number of aromatic nitrogens is 2. The first-order valence-electron chi connectivity index (χ1n) is 10.1. The van der Waals surface area contributed by atoms with Crippen molar-refractivity contribution in [3.8, 4) is 5.75 Å². The fourth-order valence-electron chi connectivity index (χ4n) is 2.97. The Hall–Kier alpha value is -2.27. The summed E-state index contributed by atoms with van der Waals surface area (Å²) in [5.41, 5.74) is 1.19. The van der Waals surface area contributed by atoms with Crippen LogP contribution >= 0.6 is 38.5 Å². The molecule has 0 bridgehead atoms. The zero-order valence-corrected chi connectivity index (χ0v) is 21.9. The molecule has 3 aromatic rings. The minimum Gasteiger partial charge on any atom is -0.478 e. The Balaban J connectivity index is 1.93. The molecule has 2 aromatic carbocycles. The normalized spacial score (nSPS) is 12.5. The van der Waals surface area contributed by atoms with Crippen LogP contribution in [0, 0.1) is 3.57 Å². The Morgan fingerprint density at radius 2 is 2.00 bits per heavy atom. The van der Waals surface area contributed by atoms with E-state index in [2.05, 4.69) is 48.6 Å². The first-order valence-corrected chi connectivity index (χ1v) is 12.0. The minimum atomic E-state index is -0.710. The van der Waals surface area contributed by atoms with Crippen molar-refractivity contribution >= 4 is 61.6 Å². The number of halogens is 2. The molecule has 0 N–H and O–H groups in total. The third-order valence-corrected chi connectivity index (χ3v) is 5.89. The largest absolute Gasteiger partial charge is 0.478 e. The quantitative estimate of drug-likeness (QED) is 0.211. The van der Waals surface area contributed by atoms with E-state index in [1.165, 1.54) is 4.68 Å². The van der Waals surface area contributed by atoms with Gasteiger partial charge in [0.1, 0.15) is 11.6 Å². The summed E-state index contributed by atoms with van der Waals surface area (Å²) in [5.74, 6) is 0.748. The maximum atomic E-state index is 13.1. The summed E-state index contributed by atoms with van der Waals surface area (Å²) in [6.07, 6.45) is 0.901. The standard InChI is InChI=1S/C23H23BrIN3O4/c1-5-31-23(30)14(4)32-20-9-6-15(10-18(20)25)12-26-28-21(13(2)3)27-19-8-7-16(24)11-17(19)22(28)29/h6-14H,5H2,1-4H3/t14-/m1/s1. The number of esters is 1. The highest BCUT2D eigenvalue weighted by molar-refractivity contribution is 14.1. The molecular formula is C23H23BrIN3O4. The van der Waals surface area contributed by atoms with Gasteiger partial charge >= 0.3 is 5.97 Å². The first-order chi connectivity index (χ1) is 15.2. The second-order valence-electron chi connectivity index (χ2n) is 7.35. The van der Waals surface area contributed by atoms with Crippen LogP contribution < -0.4 is 10.3 Å².